The monoisotopic (exact) mass is 382 g/mol. The molecule has 2 aromatic rings. The van der Waals surface area contributed by atoms with Gasteiger partial charge >= 0.3 is 5.97 Å². The number of carbonyl (C=O) groups excluding carboxylic acids is 2. The Labute approximate surface area is 149 Å². The van der Waals surface area contributed by atoms with Crippen LogP contribution >= 0.6 is 11.3 Å². The van der Waals surface area contributed by atoms with E-state index in [1.54, 1.807) is 30.6 Å². The smallest absolute Gasteiger partial charge is 0.338 e. The Morgan fingerprint density at radius 1 is 1.40 bits per heavy atom. The summed E-state index contributed by atoms with van der Waals surface area (Å²) in [4.78, 5) is 30.1. The number of thiazole rings is 1. The van der Waals surface area contributed by atoms with Crippen LogP contribution in [-0.4, -0.2) is 60.9 Å². The first kappa shape index (κ1) is 17.8. The van der Waals surface area contributed by atoms with E-state index < -0.39 is 22.4 Å². The summed E-state index contributed by atoms with van der Waals surface area (Å²) < 4.78 is 29.2. The SMILES string of the molecule is CCN(C(=O)COC(=O)c1ccc2ncsc2c1)C1CCS(=O)(=O)C1. The molecule has 1 saturated heterocycles. The molecule has 1 unspecified atom stereocenters. The molecule has 0 spiro atoms. The summed E-state index contributed by atoms with van der Waals surface area (Å²) in [6.07, 6.45) is 0.428. The predicted molar refractivity (Wildman–Crippen MR) is 94.3 cm³/mol. The number of nitrogens with zero attached hydrogens (tertiary/aromatic N) is 2. The third-order valence-electron chi connectivity index (χ3n) is 4.20. The molecular weight excluding hydrogens is 364 g/mol. The van der Waals surface area contributed by atoms with E-state index in [1.807, 2.05) is 0 Å². The number of carbonyl (C=O) groups is 2. The summed E-state index contributed by atoms with van der Waals surface area (Å²) in [5.41, 5.74) is 2.85. The van der Waals surface area contributed by atoms with Gasteiger partial charge in [-0.25, -0.2) is 18.2 Å². The minimum absolute atomic E-state index is 0.0252. The average molecular weight is 382 g/mol. The topological polar surface area (TPSA) is 93.6 Å². The van der Waals surface area contributed by atoms with E-state index in [1.165, 1.54) is 16.2 Å². The lowest BCUT2D eigenvalue weighted by atomic mass is 10.2. The molecule has 0 saturated carbocycles. The van der Waals surface area contributed by atoms with E-state index in [4.69, 9.17) is 4.74 Å². The van der Waals surface area contributed by atoms with Crippen molar-refractivity contribution in [2.75, 3.05) is 24.7 Å². The van der Waals surface area contributed by atoms with Crippen LogP contribution in [0.15, 0.2) is 23.7 Å². The molecule has 2 heterocycles. The average Bonchev–Trinajstić information content (AvgIpc) is 3.18. The van der Waals surface area contributed by atoms with Gasteiger partial charge in [0, 0.05) is 12.6 Å². The summed E-state index contributed by atoms with van der Waals surface area (Å²) in [6, 6.07) is 4.68. The van der Waals surface area contributed by atoms with Crippen LogP contribution in [0.2, 0.25) is 0 Å². The molecule has 0 N–H and O–H groups in total. The summed E-state index contributed by atoms with van der Waals surface area (Å²) in [6.45, 7) is 1.76. The molecule has 1 aliphatic rings. The van der Waals surface area contributed by atoms with Crippen LogP contribution in [0, 0.1) is 0 Å². The van der Waals surface area contributed by atoms with E-state index in [9.17, 15) is 18.0 Å². The van der Waals surface area contributed by atoms with Crippen molar-refractivity contribution in [1.29, 1.82) is 0 Å². The number of ether oxygens (including phenoxy) is 1. The first-order valence-electron chi connectivity index (χ1n) is 7.90. The van der Waals surface area contributed by atoms with Gasteiger partial charge in [-0.3, -0.25) is 4.79 Å². The molecule has 0 bridgehead atoms. The van der Waals surface area contributed by atoms with Crippen molar-refractivity contribution in [2.45, 2.75) is 19.4 Å². The lowest BCUT2D eigenvalue weighted by Crippen LogP contribution is -2.43. The number of sulfone groups is 1. The van der Waals surface area contributed by atoms with Crippen molar-refractivity contribution in [3.8, 4) is 0 Å². The van der Waals surface area contributed by atoms with Crippen LogP contribution in [-0.2, 0) is 19.4 Å². The molecule has 1 aromatic heterocycles. The summed E-state index contributed by atoms with van der Waals surface area (Å²) in [5.74, 6) is -0.894. The van der Waals surface area contributed by atoms with Crippen molar-refractivity contribution in [3.05, 3.63) is 29.3 Å². The van der Waals surface area contributed by atoms with Crippen molar-refractivity contribution >= 4 is 43.3 Å². The van der Waals surface area contributed by atoms with Gasteiger partial charge in [-0.15, -0.1) is 11.3 Å². The number of esters is 1. The first-order chi connectivity index (χ1) is 11.9. The van der Waals surface area contributed by atoms with Crippen LogP contribution in [0.5, 0.6) is 0 Å². The molecule has 9 heteroatoms. The predicted octanol–water partition coefficient (Wildman–Crippen LogP) is 1.49. The maximum Gasteiger partial charge on any atom is 0.338 e. The normalized spacial score (nSPS) is 19.0. The van der Waals surface area contributed by atoms with Gasteiger partial charge in [-0.05, 0) is 31.5 Å². The Hall–Kier alpha value is -2.00. The van der Waals surface area contributed by atoms with Gasteiger partial charge in [0.25, 0.3) is 5.91 Å². The number of likely N-dealkylation sites (N-methyl/N-ethyl adjacent to an activating group) is 1. The number of aromatic nitrogens is 1. The minimum Gasteiger partial charge on any atom is -0.452 e. The number of hydrogen-bond acceptors (Lipinski definition) is 7. The Morgan fingerprint density at radius 2 is 2.20 bits per heavy atom. The van der Waals surface area contributed by atoms with Crippen molar-refractivity contribution in [3.63, 3.8) is 0 Å². The van der Waals surface area contributed by atoms with Gasteiger partial charge in [0.1, 0.15) is 0 Å². The van der Waals surface area contributed by atoms with Crippen molar-refractivity contribution in [1.82, 2.24) is 9.88 Å². The van der Waals surface area contributed by atoms with E-state index in [0.29, 0.717) is 18.5 Å². The molecule has 25 heavy (non-hydrogen) atoms. The molecule has 134 valence electrons. The second kappa shape index (κ2) is 7.09. The van der Waals surface area contributed by atoms with Crippen LogP contribution in [0.4, 0.5) is 0 Å². The largest absolute Gasteiger partial charge is 0.452 e. The Bertz CT molecular complexity index is 906. The van der Waals surface area contributed by atoms with Crippen LogP contribution < -0.4 is 0 Å². The minimum atomic E-state index is -3.08. The fourth-order valence-corrected chi connectivity index (χ4v) is 5.38. The summed E-state index contributed by atoms with van der Waals surface area (Å²) in [7, 11) is -3.08. The van der Waals surface area contributed by atoms with E-state index in [2.05, 4.69) is 4.98 Å². The highest BCUT2D eigenvalue weighted by atomic mass is 32.2. The Morgan fingerprint density at radius 3 is 2.88 bits per heavy atom. The highest BCUT2D eigenvalue weighted by Crippen LogP contribution is 2.20. The summed E-state index contributed by atoms with van der Waals surface area (Å²) >= 11 is 1.42. The zero-order chi connectivity index (χ0) is 18.0. The third kappa shape index (κ3) is 3.98. The lowest BCUT2D eigenvalue weighted by molar-refractivity contribution is -0.136. The second-order valence-corrected chi connectivity index (χ2v) is 8.96. The van der Waals surface area contributed by atoms with Crippen LogP contribution in [0.1, 0.15) is 23.7 Å². The molecule has 1 aliphatic heterocycles. The highest BCUT2D eigenvalue weighted by molar-refractivity contribution is 7.91. The molecule has 0 aliphatic carbocycles. The highest BCUT2D eigenvalue weighted by Gasteiger charge is 2.34. The van der Waals surface area contributed by atoms with E-state index in [-0.39, 0.29) is 23.5 Å². The molecule has 1 aromatic carbocycles. The third-order valence-corrected chi connectivity index (χ3v) is 6.75. The van der Waals surface area contributed by atoms with Crippen LogP contribution in [0.25, 0.3) is 10.2 Å². The maximum absolute atomic E-state index is 12.3. The number of amides is 1. The zero-order valence-electron chi connectivity index (χ0n) is 13.7. The maximum atomic E-state index is 12.3. The summed E-state index contributed by atoms with van der Waals surface area (Å²) in [5, 5.41) is 0. The van der Waals surface area contributed by atoms with Gasteiger partial charge in [-0.1, -0.05) is 0 Å². The standard InChI is InChI=1S/C16H18N2O5S2/c1-2-18(12-5-6-25(21,22)9-12)15(19)8-23-16(20)11-3-4-13-14(7-11)24-10-17-13/h3-4,7,10,12H,2,5-6,8-9H2,1H3. The lowest BCUT2D eigenvalue weighted by Gasteiger charge is -2.26. The van der Waals surface area contributed by atoms with E-state index >= 15 is 0 Å². The van der Waals surface area contributed by atoms with Gasteiger partial charge in [0.05, 0.1) is 32.8 Å². The van der Waals surface area contributed by atoms with Crippen molar-refractivity contribution < 1.29 is 22.7 Å². The molecule has 7 nitrogen and oxygen atoms in total. The van der Waals surface area contributed by atoms with E-state index in [0.717, 1.165) is 10.2 Å². The first-order valence-corrected chi connectivity index (χ1v) is 10.6. The second-order valence-electron chi connectivity index (χ2n) is 5.85. The Kier molecular flexibility index (Phi) is 5.05. The molecule has 3 rings (SSSR count). The molecule has 1 atom stereocenters. The fraction of sp³-hybridized carbons (Fsp3) is 0.438. The molecule has 1 fully saturated rings. The van der Waals surface area contributed by atoms with Gasteiger partial charge < -0.3 is 9.64 Å². The zero-order valence-corrected chi connectivity index (χ0v) is 15.3. The van der Waals surface area contributed by atoms with Gasteiger partial charge in [0.15, 0.2) is 16.4 Å². The van der Waals surface area contributed by atoms with Gasteiger partial charge in [0.2, 0.25) is 0 Å². The number of rotatable bonds is 5. The Balaban J connectivity index is 1.61. The van der Waals surface area contributed by atoms with Gasteiger partial charge in [-0.2, -0.15) is 0 Å². The molecule has 0 radical (unpaired) electrons. The number of benzene rings is 1. The number of hydrogen-bond donors (Lipinski definition) is 0. The van der Waals surface area contributed by atoms with Crippen molar-refractivity contribution in [2.24, 2.45) is 0 Å². The molecule has 1 amide bonds. The quantitative estimate of drug-likeness (QED) is 0.727. The fourth-order valence-electron chi connectivity index (χ4n) is 2.93. The molecular formula is C16H18N2O5S2. The van der Waals surface area contributed by atoms with Crippen LogP contribution in [0.3, 0.4) is 0 Å². The number of fused-ring (bicyclic) bond motifs is 1.